The summed E-state index contributed by atoms with van der Waals surface area (Å²) in [6.45, 7) is 2.77. The monoisotopic (exact) mass is 373 g/mol. The van der Waals surface area contributed by atoms with E-state index in [4.69, 9.17) is 0 Å². The zero-order chi connectivity index (χ0) is 18.6. The summed E-state index contributed by atoms with van der Waals surface area (Å²) < 4.78 is 2.20. The maximum Gasteiger partial charge on any atom is 0.272 e. The second kappa shape index (κ2) is 7.60. The van der Waals surface area contributed by atoms with Crippen molar-refractivity contribution in [3.63, 3.8) is 0 Å². The minimum atomic E-state index is -0.191. The van der Waals surface area contributed by atoms with Crippen molar-refractivity contribution in [2.24, 2.45) is 5.10 Å². The van der Waals surface area contributed by atoms with Crippen molar-refractivity contribution in [2.75, 3.05) is 0 Å². The molecule has 2 aromatic heterocycles. The number of thiophene rings is 1. The third kappa shape index (κ3) is 3.83. The van der Waals surface area contributed by atoms with Gasteiger partial charge in [-0.05, 0) is 24.6 Å². The van der Waals surface area contributed by atoms with Crippen LogP contribution in [0.5, 0.6) is 0 Å². The number of carbonyl (C=O) groups is 1. The number of hydrazone groups is 1. The minimum absolute atomic E-state index is 0.191. The van der Waals surface area contributed by atoms with E-state index in [-0.39, 0.29) is 5.91 Å². The van der Waals surface area contributed by atoms with Gasteiger partial charge < -0.3 is 4.57 Å². The number of nitrogens with one attached hydrogen (secondary N) is 1. The molecule has 0 atom stereocenters. The van der Waals surface area contributed by atoms with E-state index in [1.807, 2.05) is 48.7 Å². The van der Waals surface area contributed by atoms with Crippen molar-refractivity contribution in [2.45, 2.75) is 13.5 Å². The molecule has 2 aromatic carbocycles. The lowest BCUT2D eigenvalue weighted by Crippen LogP contribution is -2.16. The van der Waals surface area contributed by atoms with Gasteiger partial charge in [0.15, 0.2) is 0 Å². The van der Waals surface area contributed by atoms with E-state index in [0.717, 1.165) is 27.9 Å². The Labute approximate surface area is 161 Å². The van der Waals surface area contributed by atoms with E-state index in [1.54, 1.807) is 17.6 Å². The summed E-state index contributed by atoms with van der Waals surface area (Å²) in [6.07, 6.45) is 3.78. The highest BCUT2D eigenvalue weighted by atomic mass is 32.1. The van der Waals surface area contributed by atoms with Crippen LogP contribution in [-0.4, -0.2) is 16.7 Å². The summed E-state index contributed by atoms with van der Waals surface area (Å²) in [5.74, 6) is -0.191. The zero-order valence-corrected chi connectivity index (χ0v) is 15.7. The van der Waals surface area contributed by atoms with Gasteiger partial charge in [-0.3, -0.25) is 4.79 Å². The van der Waals surface area contributed by atoms with E-state index >= 15 is 0 Å². The van der Waals surface area contributed by atoms with E-state index in [2.05, 4.69) is 45.6 Å². The first-order valence-corrected chi connectivity index (χ1v) is 9.59. The highest BCUT2D eigenvalue weighted by Crippen LogP contribution is 2.21. The molecule has 134 valence electrons. The van der Waals surface area contributed by atoms with E-state index in [9.17, 15) is 4.79 Å². The Bertz CT molecular complexity index is 1110. The van der Waals surface area contributed by atoms with Crippen LogP contribution in [0.15, 0.2) is 77.3 Å². The standard InChI is InChI=1S/C22H19N3OS/c1-16-11-18(15-27-16)22(26)24-23-12-19-14-25(13-17-7-3-2-4-8-17)21-10-6-5-9-20(19)21/h2-12,14-15H,13H2,1H3,(H,24,26)/b23-12-. The van der Waals surface area contributed by atoms with Gasteiger partial charge in [-0.25, -0.2) is 5.43 Å². The highest BCUT2D eigenvalue weighted by Gasteiger charge is 2.08. The first-order valence-electron chi connectivity index (χ1n) is 8.71. The smallest absolute Gasteiger partial charge is 0.272 e. The fraction of sp³-hybridized carbons (Fsp3) is 0.0909. The maximum absolute atomic E-state index is 12.1. The van der Waals surface area contributed by atoms with Gasteiger partial charge >= 0.3 is 0 Å². The Morgan fingerprint density at radius 3 is 2.70 bits per heavy atom. The highest BCUT2D eigenvalue weighted by molar-refractivity contribution is 7.10. The van der Waals surface area contributed by atoms with E-state index < -0.39 is 0 Å². The summed E-state index contributed by atoms with van der Waals surface area (Å²) in [6, 6.07) is 20.4. The molecule has 0 spiro atoms. The van der Waals surface area contributed by atoms with Gasteiger partial charge in [0.05, 0.1) is 11.8 Å². The lowest BCUT2D eigenvalue weighted by Gasteiger charge is -2.05. The summed E-state index contributed by atoms with van der Waals surface area (Å²) in [4.78, 5) is 13.2. The van der Waals surface area contributed by atoms with Crippen molar-refractivity contribution >= 4 is 34.4 Å². The largest absolute Gasteiger partial charge is 0.342 e. The summed E-state index contributed by atoms with van der Waals surface area (Å²) in [5.41, 5.74) is 6.61. The molecule has 0 aliphatic rings. The molecule has 2 heterocycles. The topological polar surface area (TPSA) is 46.4 Å². The second-order valence-corrected chi connectivity index (χ2v) is 7.48. The van der Waals surface area contributed by atoms with Gasteiger partial charge in [-0.15, -0.1) is 11.3 Å². The number of aryl methyl sites for hydroxylation is 1. The van der Waals surface area contributed by atoms with Gasteiger partial charge in [0.1, 0.15) is 0 Å². The Kier molecular flexibility index (Phi) is 4.85. The summed E-state index contributed by atoms with van der Waals surface area (Å²) in [5, 5.41) is 7.11. The number of amides is 1. The average Bonchev–Trinajstić information content (AvgIpc) is 3.27. The molecule has 0 radical (unpaired) electrons. The molecule has 1 N–H and O–H groups in total. The lowest BCUT2D eigenvalue weighted by molar-refractivity contribution is 0.0955. The van der Waals surface area contributed by atoms with Crippen molar-refractivity contribution < 1.29 is 4.79 Å². The molecule has 0 bridgehead atoms. The fourth-order valence-corrected chi connectivity index (χ4v) is 3.76. The fourth-order valence-electron chi connectivity index (χ4n) is 3.08. The van der Waals surface area contributed by atoms with Crippen molar-refractivity contribution in [3.8, 4) is 0 Å². The molecule has 4 aromatic rings. The molecule has 0 saturated carbocycles. The number of carbonyl (C=O) groups excluding carboxylic acids is 1. The Morgan fingerprint density at radius 1 is 1.15 bits per heavy atom. The van der Waals surface area contributed by atoms with Gasteiger partial charge in [0.25, 0.3) is 5.91 Å². The molecule has 27 heavy (non-hydrogen) atoms. The molecular weight excluding hydrogens is 354 g/mol. The van der Waals surface area contributed by atoms with E-state index in [1.165, 1.54) is 5.56 Å². The maximum atomic E-state index is 12.1. The predicted octanol–water partition coefficient (Wildman–Crippen LogP) is 4.82. The second-order valence-electron chi connectivity index (χ2n) is 6.36. The number of aromatic nitrogens is 1. The minimum Gasteiger partial charge on any atom is -0.342 e. The van der Waals surface area contributed by atoms with E-state index in [0.29, 0.717) is 5.56 Å². The van der Waals surface area contributed by atoms with Crippen LogP contribution >= 0.6 is 11.3 Å². The summed E-state index contributed by atoms with van der Waals surface area (Å²) >= 11 is 1.55. The third-order valence-electron chi connectivity index (χ3n) is 4.38. The van der Waals surface area contributed by atoms with Crippen molar-refractivity contribution in [1.82, 2.24) is 9.99 Å². The van der Waals surface area contributed by atoms with Crippen LogP contribution in [-0.2, 0) is 6.54 Å². The molecule has 1 amide bonds. The van der Waals surface area contributed by atoms with Crippen molar-refractivity contribution in [1.29, 1.82) is 0 Å². The number of fused-ring (bicyclic) bond motifs is 1. The van der Waals surface area contributed by atoms with Gasteiger partial charge in [0.2, 0.25) is 0 Å². The zero-order valence-electron chi connectivity index (χ0n) is 14.9. The number of hydrogen-bond donors (Lipinski definition) is 1. The normalized spacial score (nSPS) is 11.3. The molecule has 4 nitrogen and oxygen atoms in total. The molecule has 0 unspecified atom stereocenters. The number of para-hydroxylation sites is 1. The third-order valence-corrected chi connectivity index (χ3v) is 5.24. The number of nitrogens with zero attached hydrogens (tertiary/aromatic N) is 2. The SMILES string of the molecule is Cc1cc(C(=O)N/N=C\c2cn(Cc3ccccc3)c3ccccc23)cs1. The average molecular weight is 373 g/mol. The first-order chi connectivity index (χ1) is 13.2. The summed E-state index contributed by atoms with van der Waals surface area (Å²) in [7, 11) is 0. The van der Waals surface area contributed by atoms with Crippen LogP contribution in [0.4, 0.5) is 0 Å². The molecule has 5 heteroatoms. The molecule has 4 rings (SSSR count). The number of hydrogen-bond acceptors (Lipinski definition) is 3. The molecule has 0 aliphatic heterocycles. The van der Waals surface area contributed by atoms with Gasteiger partial charge in [0, 0.05) is 39.5 Å². The van der Waals surface area contributed by atoms with Crippen molar-refractivity contribution in [3.05, 3.63) is 93.8 Å². The predicted molar refractivity (Wildman–Crippen MR) is 112 cm³/mol. The molecule has 0 saturated heterocycles. The van der Waals surface area contributed by atoms with Crippen LogP contribution in [0.3, 0.4) is 0 Å². The Morgan fingerprint density at radius 2 is 1.93 bits per heavy atom. The lowest BCUT2D eigenvalue weighted by atomic mass is 10.2. The first kappa shape index (κ1) is 17.2. The molecule has 0 aliphatic carbocycles. The van der Waals surface area contributed by atoms with Crippen LogP contribution < -0.4 is 5.43 Å². The molecular formula is C22H19N3OS. The van der Waals surface area contributed by atoms with Crippen LogP contribution in [0, 0.1) is 6.92 Å². The van der Waals surface area contributed by atoms with Gasteiger partial charge in [-0.1, -0.05) is 48.5 Å². The number of benzene rings is 2. The van der Waals surface area contributed by atoms with Gasteiger partial charge in [-0.2, -0.15) is 5.10 Å². The van der Waals surface area contributed by atoms with Crippen LogP contribution in [0.25, 0.3) is 10.9 Å². The Balaban J connectivity index is 1.57. The Hall–Kier alpha value is -3.18. The van der Waals surface area contributed by atoms with Crippen LogP contribution in [0.1, 0.15) is 26.4 Å². The molecule has 0 fully saturated rings. The number of rotatable bonds is 5. The van der Waals surface area contributed by atoms with Crippen LogP contribution in [0.2, 0.25) is 0 Å². The quantitative estimate of drug-likeness (QED) is 0.395.